The van der Waals surface area contributed by atoms with E-state index in [1.807, 2.05) is 12.1 Å². The van der Waals surface area contributed by atoms with E-state index in [1.54, 1.807) is 12.1 Å². The molecule has 0 saturated heterocycles. The Hall–Kier alpha value is -0.960. The van der Waals surface area contributed by atoms with Gasteiger partial charge in [-0.2, -0.15) is 0 Å². The lowest BCUT2D eigenvalue weighted by atomic mass is 10.1. The van der Waals surface area contributed by atoms with E-state index >= 15 is 0 Å². The van der Waals surface area contributed by atoms with Gasteiger partial charge < -0.3 is 4.74 Å². The number of para-hydroxylation sites is 1. The molecule has 0 N–H and O–H groups in total. The minimum Gasteiger partial charge on any atom is -0.479 e. The van der Waals surface area contributed by atoms with E-state index in [0.29, 0.717) is 17.7 Å². The predicted molar refractivity (Wildman–Crippen MR) is 48.8 cm³/mol. The molecule has 0 aliphatic carbocycles. The molecule has 2 rings (SSSR count). The quantitative estimate of drug-likeness (QED) is 0.617. The number of ether oxygens (including phenoxy) is 1. The second kappa shape index (κ2) is 2.83. The van der Waals surface area contributed by atoms with E-state index < -0.39 is 0 Å². The zero-order valence-electron chi connectivity index (χ0n) is 6.36. The summed E-state index contributed by atoms with van der Waals surface area (Å²) in [5, 5.41) is 0. The number of fused-ring (bicyclic) bond motifs is 1. The van der Waals surface area contributed by atoms with E-state index in [9.17, 15) is 4.79 Å². The number of thiol groups is 1. The first kappa shape index (κ1) is 7.68. The lowest BCUT2D eigenvalue weighted by Crippen LogP contribution is -2.21. The summed E-state index contributed by atoms with van der Waals surface area (Å²) in [6.07, 6.45) is 0.361. The van der Waals surface area contributed by atoms with Crippen LogP contribution in [0.25, 0.3) is 0 Å². The van der Waals surface area contributed by atoms with E-state index in [4.69, 9.17) is 4.74 Å². The molecule has 0 fully saturated rings. The molecule has 0 aromatic heterocycles. The van der Waals surface area contributed by atoms with E-state index in [1.165, 1.54) is 0 Å². The molecule has 1 atom stereocenters. The molecule has 0 radical (unpaired) electrons. The molecule has 1 aromatic rings. The van der Waals surface area contributed by atoms with Gasteiger partial charge in [0, 0.05) is 0 Å². The summed E-state index contributed by atoms with van der Waals surface area (Å²) in [5.74, 6) is 0.755. The van der Waals surface area contributed by atoms with Gasteiger partial charge in [-0.15, -0.1) is 12.6 Å². The molecule has 0 amide bonds. The summed E-state index contributed by atoms with van der Waals surface area (Å²) in [6.45, 7) is 0. The smallest absolute Gasteiger partial charge is 0.171 e. The Morgan fingerprint density at radius 1 is 1.42 bits per heavy atom. The molecular formula is C9H8O2S. The second-order valence-electron chi connectivity index (χ2n) is 2.70. The first-order valence-electron chi connectivity index (χ1n) is 3.74. The number of hydrogen-bond acceptors (Lipinski definition) is 3. The number of carbonyl (C=O) groups is 1. The van der Waals surface area contributed by atoms with Gasteiger partial charge in [-0.3, -0.25) is 4.79 Å². The zero-order valence-corrected chi connectivity index (χ0v) is 7.25. The number of rotatable bonds is 0. The van der Waals surface area contributed by atoms with Gasteiger partial charge in [-0.05, 0) is 12.1 Å². The van der Waals surface area contributed by atoms with Crippen LogP contribution < -0.4 is 4.74 Å². The SMILES string of the molecule is O=C1CC(S)Oc2ccccc21. The van der Waals surface area contributed by atoms with Crippen molar-refractivity contribution in [3.63, 3.8) is 0 Å². The van der Waals surface area contributed by atoms with E-state index in [0.717, 1.165) is 0 Å². The highest BCUT2D eigenvalue weighted by Gasteiger charge is 2.22. The molecule has 12 heavy (non-hydrogen) atoms. The minimum absolute atomic E-state index is 0.108. The van der Waals surface area contributed by atoms with Crippen LogP contribution in [0.2, 0.25) is 0 Å². The zero-order chi connectivity index (χ0) is 8.55. The van der Waals surface area contributed by atoms with Crippen molar-refractivity contribution in [2.45, 2.75) is 11.9 Å². The third-order valence-electron chi connectivity index (χ3n) is 1.81. The first-order valence-corrected chi connectivity index (χ1v) is 4.26. The third-order valence-corrected chi connectivity index (χ3v) is 2.10. The molecule has 0 bridgehead atoms. The van der Waals surface area contributed by atoms with Crippen molar-refractivity contribution in [1.82, 2.24) is 0 Å². The van der Waals surface area contributed by atoms with Crippen molar-refractivity contribution < 1.29 is 9.53 Å². The molecule has 0 spiro atoms. The first-order chi connectivity index (χ1) is 5.77. The van der Waals surface area contributed by atoms with Gasteiger partial charge in [0.05, 0.1) is 12.0 Å². The Morgan fingerprint density at radius 2 is 2.17 bits per heavy atom. The topological polar surface area (TPSA) is 26.3 Å². The fraction of sp³-hybridized carbons (Fsp3) is 0.222. The van der Waals surface area contributed by atoms with Gasteiger partial charge in [0.15, 0.2) is 5.78 Å². The summed E-state index contributed by atoms with van der Waals surface area (Å²) in [7, 11) is 0. The van der Waals surface area contributed by atoms with Crippen LogP contribution in [-0.4, -0.2) is 11.2 Å². The summed E-state index contributed by atoms with van der Waals surface area (Å²) in [4.78, 5) is 11.4. The van der Waals surface area contributed by atoms with Crippen molar-refractivity contribution >= 4 is 18.4 Å². The average Bonchev–Trinajstić information content (AvgIpc) is 2.04. The maximum Gasteiger partial charge on any atom is 0.171 e. The van der Waals surface area contributed by atoms with Crippen LogP contribution in [0.15, 0.2) is 24.3 Å². The maximum absolute atomic E-state index is 11.4. The number of ketones is 1. The fourth-order valence-corrected chi connectivity index (χ4v) is 1.54. The Labute approximate surface area is 76.0 Å². The fourth-order valence-electron chi connectivity index (χ4n) is 1.26. The van der Waals surface area contributed by atoms with Gasteiger partial charge in [0.25, 0.3) is 0 Å². The van der Waals surface area contributed by atoms with Crippen LogP contribution in [0.3, 0.4) is 0 Å². The normalized spacial score (nSPS) is 21.4. The van der Waals surface area contributed by atoms with Gasteiger partial charge in [-0.1, -0.05) is 12.1 Å². The molecule has 3 heteroatoms. The molecule has 1 aliphatic heterocycles. The predicted octanol–water partition coefficient (Wildman–Crippen LogP) is 1.91. The lowest BCUT2D eigenvalue weighted by Gasteiger charge is -2.20. The van der Waals surface area contributed by atoms with Crippen molar-refractivity contribution in [2.24, 2.45) is 0 Å². The Balaban J connectivity index is 2.47. The van der Waals surface area contributed by atoms with Crippen LogP contribution in [0.5, 0.6) is 5.75 Å². The highest BCUT2D eigenvalue weighted by molar-refractivity contribution is 7.80. The van der Waals surface area contributed by atoms with E-state index in [2.05, 4.69) is 12.6 Å². The van der Waals surface area contributed by atoms with Gasteiger partial charge in [0.1, 0.15) is 11.2 Å². The molecule has 1 aliphatic rings. The van der Waals surface area contributed by atoms with Crippen LogP contribution in [0, 0.1) is 0 Å². The third kappa shape index (κ3) is 1.20. The summed E-state index contributed by atoms with van der Waals surface area (Å²) < 4.78 is 5.35. The van der Waals surface area contributed by atoms with Gasteiger partial charge in [0.2, 0.25) is 0 Å². The maximum atomic E-state index is 11.4. The Bertz CT molecular complexity index is 322. The summed E-state index contributed by atoms with van der Waals surface area (Å²) in [6, 6.07) is 7.24. The second-order valence-corrected chi connectivity index (χ2v) is 3.27. The highest BCUT2D eigenvalue weighted by atomic mass is 32.1. The Kier molecular flexibility index (Phi) is 1.81. The van der Waals surface area contributed by atoms with Crippen LogP contribution in [-0.2, 0) is 0 Å². The van der Waals surface area contributed by atoms with Crippen LogP contribution >= 0.6 is 12.6 Å². The Morgan fingerprint density at radius 3 is 3.00 bits per heavy atom. The van der Waals surface area contributed by atoms with Crippen LogP contribution in [0.1, 0.15) is 16.8 Å². The molecule has 2 nitrogen and oxygen atoms in total. The molecular weight excluding hydrogens is 172 g/mol. The van der Waals surface area contributed by atoms with Crippen LogP contribution in [0.4, 0.5) is 0 Å². The molecule has 0 saturated carbocycles. The largest absolute Gasteiger partial charge is 0.479 e. The number of hydrogen-bond donors (Lipinski definition) is 1. The molecule has 62 valence electrons. The van der Waals surface area contributed by atoms with E-state index in [-0.39, 0.29) is 11.2 Å². The van der Waals surface area contributed by atoms with Crippen molar-refractivity contribution in [1.29, 1.82) is 0 Å². The highest BCUT2D eigenvalue weighted by Crippen LogP contribution is 2.27. The average molecular weight is 180 g/mol. The monoisotopic (exact) mass is 180 g/mol. The standard InChI is InChI=1S/C9H8O2S/c10-7-5-9(12)11-8-4-2-1-3-6(7)8/h1-4,9,12H,5H2. The van der Waals surface area contributed by atoms with Crippen molar-refractivity contribution in [3.05, 3.63) is 29.8 Å². The lowest BCUT2D eigenvalue weighted by molar-refractivity contribution is 0.0918. The molecule has 1 unspecified atom stereocenters. The van der Waals surface area contributed by atoms with Gasteiger partial charge in [-0.25, -0.2) is 0 Å². The molecule has 1 aromatic carbocycles. The minimum atomic E-state index is -0.285. The number of benzene rings is 1. The summed E-state index contributed by atoms with van der Waals surface area (Å²) >= 11 is 4.10. The van der Waals surface area contributed by atoms with Crippen molar-refractivity contribution in [2.75, 3.05) is 0 Å². The number of carbonyl (C=O) groups excluding carboxylic acids is 1. The summed E-state index contributed by atoms with van der Waals surface area (Å²) in [5.41, 5.74) is 0.384. The van der Waals surface area contributed by atoms with Crippen molar-refractivity contribution in [3.8, 4) is 5.75 Å². The number of Topliss-reactive ketones (excluding diaryl/α,β-unsaturated/α-hetero) is 1. The molecule has 1 heterocycles. The van der Waals surface area contributed by atoms with Gasteiger partial charge >= 0.3 is 0 Å².